The highest BCUT2D eigenvalue weighted by molar-refractivity contribution is 9.09. The van der Waals surface area contributed by atoms with E-state index in [1.165, 1.54) is 4.90 Å². The monoisotopic (exact) mass is 631 g/mol. The molecule has 3 fully saturated rings. The highest BCUT2D eigenvalue weighted by atomic mass is 79.9. The van der Waals surface area contributed by atoms with Crippen molar-refractivity contribution >= 4 is 33.7 Å². The van der Waals surface area contributed by atoms with Gasteiger partial charge in [0.15, 0.2) is 0 Å². The summed E-state index contributed by atoms with van der Waals surface area (Å²) in [4.78, 5) is 43.5. The molecule has 0 saturated carbocycles. The van der Waals surface area contributed by atoms with Gasteiger partial charge in [0.1, 0.15) is 11.6 Å². The van der Waals surface area contributed by atoms with E-state index in [4.69, 9.17) is 4.74 Å². The topological polar surface area (TPSA) is 108 Å². The van der Waals surface area contributed by atoms with Crippen molar-refractivity contribution in [2.45, 2.75) is 54.5 Å². The maximum Gasteiger partial charge on any atom is 0.246 e. The maximum absolute atomic E-state index is 14.4. The van der Waals surface area contributed by atoms with Gasteiger partial charge >= 0.3 is 0 Å². The second kappa shape index (κ2) is 12.0. The number of nitrogens with zero attached hydrogens (tertiary/aromatic N) is 1. The second-order valence-electron chi connectivity index (χ2n) is 11.3. The fourth-order valence-electron chi connectivity index (χ4n) is 6.98. The van der Waals surface area contributed by atoms with E-state index in [1.54, 1.807) is 0 Å². The predicted octanol–water partition coefficient (Wildman–Crippen LogP) is 2.97. The molecule has 42 heavy (non-hydrogen) atoms. The molecule has 3 amide bonds. The number of carbonyl (C=O) groups is 3. The van der Waals surface area contributed by atoms with Crippen LogP contribution >= 0.6 is 15.9 Å². The third-order valence-electron chi connectivity index (χ3n) is 8.82. The molecule has 3 heterocycles. The van der Waals surface area contributed by atoms with Gasteiger partial charge in [0.2, 0.25) is 17.7 Å². The Balaban J connectivity index is 1.33. The summed E-state index contributed by atoms with van der Waals surface area (Å²) in [5.74, 6) is -2.57. The minimum atomic E-state index is -1.20. The second-order valence-corrected chi connectivity index (χ2v) is 12.5. The molecule has 3 unspecified atom stereocenters. The van der Waals surface area contributed by atoms with Gasteiger partial charge in [-0.1, -0.05) is 107 Å². The molecule has 3 aliphatic heterocycles. The number of aliphatic hydroxyl groups excluding tert-OH is 1. The zero-order valence-electron chi connectivity index (χ0n) is 23.1. The maximum atomic E-state index is 14.4. The third kappa shape index (κ3) is 5.14. The van der Waals surface area contributed by atoms with Crippen molar-refractivity contribution in [1.29, 1.82) is 0 Å². The van der Waals surface area contributed by atoms with Gasteiger partial charge in [0, 0.05) is 17.9 Å². The summed E-state index contributed by atoms with van der Waals surface area (Å²) < 4.78 is 6.60. The lowest BCUT2D eigenvalue weighted by Gasteiger charge is -2.37. The third-order valence-corrected chi connectivity index (χ3v) is 9.66. The van der Waals surface area contributed by atoms with Gasteiger partial charge in [-0.05, 0) is 29.5 Å². The SMILES string of the molecule is O=C(NCc1ccccc1)C1N([C@@H](CO)Cc2ccccc2)C(=O)[C@@H]2[C@@H](C(=O)NCc3ccccc3)[C@@H]3OC12CC3Br. The molecule has 218 valence electrons. The van der Waals surface area contributed by atoms with E-state index in [0.29, 0.717) is 19.4 Å². The fraction of sp³-hybridized carbons (Fsp3) is 0.364. The fourth-order valence-corrected chi connectivity index (χ4v) is 7.92. The molecule has 7 atom stereocenters. The molecule has 0 radical (unpaired) electrons. The van der Waals surface area contributed by atoms with Gasteiger partial charge in [-0.25, -0.2) is 0 Å². The van der Waals surface area contributed by atoms with E-state index in [0.717, 1.165) is 16.7 Å². The lowest BCUT2D eigenvalue weighted by molar-refractivity contribution is -0.145. The standard InChI is InChI=1S/C33H34BrN3O5/c34-25-17-33-27(26(28(25)42-33)30(39)35-18-22-12-6-2-7-13-22)32(41)37(24(20-38)16-21-10-4-1-5-11-21)29(33)31(40)36-19-23-14-8-3-9-15-23/h1-15,24-29,38H,16-20H2,(H,35,39)(H,36,40)/t24-,25?,26-,27+,28-,29?,33?/m1/s1. The van der Waals surface area contributed by atoms with Crippen LogP contribution in [0.2, 0.25) is 0 Å². The first-order valence-electron chi connectivity index (χ1n) is 14.3. The smallest absolute Gasteiger partial charge is 0.246 e. The van der Waals surface area contributed by atoms with Gasteiger partial charge in [-0.2, -0.15) is 0 Å². The number of carbonyl (C=O) groups excluding carboxylic acids is 3. The van der Waals surface area contributed by atoms with Gasteiger partial charge in [0.25, 0.3) is 0 Å². The van der Waals surface area contributed by atoms with Crippen molar-refractivity contribution in [2.75, 3.05) is 6.61 Å². The van der Waals surface area contributed by atoms with E-state index < -0.39 is 35.6 Å². The van der Waals surface area contributed by atoms with E-state index in [2.05, 4.69) is 26.6 Å². The number of likely N-dealkylation sites (tertiary alicyclic amines) is 1. The minimum Gasteiger partial charge on any atom is -0.394 e. The van der Waals surface area contributed by atoms with Crippen LogP contribution in [0.5, 0.6) is 0 Å². The number of aliphatic hydroxyl groups is 1. The Morgan fingerprint density at radius 1 is 0.881 bits per heavy atom. The van der Waals surface area contributed by atoms with Gasteiger partial charge < -0.3 is 25.4 Å². The number of halogens is 1. The molecule has 9 heteroatoms. The van der Waals surface area contributed by atoms with Crippen molar-refractivity contribution in [3.8, 4) is 0 Å². The Hall–Kier alpha value is -3.53. The van der Waals surface area contributed by atoms with E-state index >= 15 is 0 Å². The molecule has 0 aliphatic carbocycles. The Kier molecular flexibility index (Phi) is 8.16. The van der Waals surface area contributed by atoms with Crippen LogP contribution in [0.4, 0.5) is 0 Å². The van der Waals surface area contributed by atoms with E-state index in [1.807, 2.05) is 91.0 Å². The number of fused-ring (bicyclic) bond motifs is 1. The Morgan fingerprint density at radius 3 is 1.95 bits per heavy atom. The summed E-state index contributed by atoms with van der Waals surface area (Å²) >= 11 is 3.72. The predicted molar refractivity (Wildman–Crippen MR) is 160 cm³/mol. The first-order valence-corrected chi connectivity index (χ1v) is 15.3. The van der Waals surface area contributed by atoms with Gasteiger partial charge in [-0.15, -0.1) is 0 Å². The van der Waals surface area contributed by atoms with Crippen molar-refractivity contribution in [3.63, 3.8) is 0 Å². The summed E-state index contributed by atoms with van der Waals surface area (Å²) in [5, 5.41) is 16.6. The minimum absolute atomic E-state index is 0.208. The largest absolute Gasteiger partial charge is 0.394 e. The van der Waals surface area contributed by atoms with Crippen molar-refractivity contribution < 1.29 is 24.2 Å². The van der Waals surface area contributed by atoms with E-state index in [-0.39, 0.29) is 35.7 Å². The number of rotatable bonds is 10. The van der Waals surface area contributed by atoms with Crippen LogP contribution in [-0.2, 0) is 38.6 Å². The molecule has 2 bridgehead atoms. The van der Waals surface area contributed by atoms with Gasteiger partial charge in [0.05, 0.1) is 30.6 Å². The van der Waals surface area contributed by atoms with Gasteiger partial charge in [-0.3, -0.25) is 14.4 Å². The van der Waals surface area contributed by atoms with Crippen LogP contribution in [0.1, 0.15) is 23.1 Å². The number of ether oxygens (including phenoxy) is 1. The van der Waals surface area contributed by atoms with Crippen LogP contribution < -0.4 is 10.6 Å². The quantitative estimate of drug-likeness (QED) is 0.298. The highest BCUT2D eigenvalue weighted by Crippen LogP contribution is 2.60. The van der Waals surface area contributed by atoms with Crippen LogP contribution in [0, 0.1) is 11.8 Å². The van der Waals surface area contributed by atoms with Crippen molar-refractivity contribution in [2.24, 2.45) is 11.8 Å². The number of hydrogen-bond acceptors (Lipinski definition) is 5. The van der Waals surface area contributed by atoms with Crippen LogP contribution in [0.15, 0.2) is 91.0 Å². The summed E-state index contributed by atoms with van der Waals surface area (Å²) in [6.45, 7) is 0.267. The first-order chi connectivity index (χ1) is 20.4. The van der Waals surface area contributed by atoms with Crippen LogP contribution in [0.3, 0.4) is 0 Å². The molecule has 3 saturated heterocycles. The Morgan fingerprint density at radius 2 is 1.40 bits per heavy atom. The number of benzene rings is 3. The summed E-state index contributed by atoms with van der Waals surface area (Å²) in [5.41, 5.74) is 1.60. The average Bonchev–Trinajstić information content (AvgIpc) is 3.62. The molecule has 0 aromatic heterocycles. The zero-order valence-corrected chi connectivity index (χ0v) is 24.7. The zero-order chi connectivity index (χ0) is 29.3. The lowest BCUT2D eigenvalue weighted by Crippen LogP contribution is -2.58. The molecule has 6 rings (SSSR count). The Bertz CT molecular complexity index is 1430. The molecule has 3 N–H and O–H groups in total. The number of amides is 3. The highest BCUT2D eigenvalue weighted by Gasteiger charge is 2.77. The van der Waals surface area contributed by atoms with E-state index in [9.17, 15) is 19.5 Å². The van der Waals surface area contributed by atoms with Crippen LogP contribution in [-0.4, -0.2) is 63.0 Å². The molecule has 1 spiro atoms. The molecule has 8 nitrogen and oxygen atoms in total. The number of hydrogen-bond donors (Lipinski definition) is 3. The summed E-state index contributed by atoms with van der Waals surface area (Å²) in [7, 11) is 0. The molecule has 3 aliphatic rings. The van der Waals surface area contributed by atoms with Crippen molar-refractivity contribution in [1.82, 2.24) is 15.5 Å². The normalized spacial score (nSPS) is 28.4. The molecular weight excluding hydrogens is 598 g/mol. The molecule has 3 aromatic carbocycles. The van der Waals surface area contributed by atoms with Crippen molar-refractivity contribution in [3.05, 3.63) is 108 Å². The number of alkyl halides is 1. The summed E-state index contributed by atoms with van der Waals surface area (Å²) in [6, 6.07) is 27.0. The average molecular weight is 633 g/mol. The lowest BCUT2D eigenvalue weighted by atomic mass is 9.70. The Labute approximate surface area is 253 Å². The molecular formula is C33H34BrN3O5. The summed E-state index contributed by atoms with van der Waals surface area (Å²) in [6.07, 6.45) is 0.211. The van der Waals surface area contributed by atoms with Crippen LogP contribution in [0.25, 0.3) is 0 Å². The first kappa shape index (κ1) is 28.6. The molecule has 3 aromatic rings. The number of nitrogens with one attached hydrogen (secondary N) is 2.